The highest BCUT2D eigenvalue weighted by atomic mass is 16.3. The zero-order valence-corrected chi connectivity index (χ0v) is 15.0. The maximum atomic E-state index is 11.0. The van der Waals surface area contributed by atoms with Crippen LogP contribution in [0.5, 0.6) is 5.88 Å². The van der Waals surface area contributed by atoms with E-state index >= 15 is 0 Å². The molecule has 0 aliphatic rings. The van der Waals surface area contributed by atoms with E-state index in [0.717, 1.165) is 33.6 Å². The van der Waals surface area contributed by atoms with E-state index in [4.69, 9.17) is 5.10 Å². The van der Waals surface area contributed by atoms with Crippen LogP contribution in [-0.2, 0) is 5.41 Å². The van der Waals surface area contributed by atoms with Crippen LogP contribution in [0.4, 0.5) is 0 Å². The van der Waals surface area contributed by atoms with E-state index < -0.39 is 0 Å². The minimum Gasteiger partial charge on any atom is -0.493 e. The summed E-state index contributed by atoms with van der Waals surface area (Å²) in [5, 5.41) is 15.8. The van der Waals surface area contributed by atoms with Crippen molar-refractivity contribution in [2.45, 2.75) is 40.0 Å². The highest BCUT2D eigenvalue weighted by molar-refractivity contribution is 5.71. The minimum atomic E-state index is -0.220. The number of aryl methyl sites for hydroxylation is 2. The van der Waals surface area contributed by atoms with Gasteiger partial charge in [0.1, 0.15) is 5.69 Å². The molecular formula is C21H24N2O. The van der Waals surface area contributed by atoms with Crippen molar-refractivity contribution in [3.05, 3.63) is 65.2 Å². The molecule has 3 nitrogen and oxygen atoms in total. The summed E-state index contributed by atoms with van der Waals surface area (Å²) in [6.07, 6.45) is 0. The fraction of sp³-hybridized carbons (Fsp3) is 0.286. The van der Waals surface area contributed by atoms with Crippen LogP contribution in [0.15, 0.2) is 48.5 Å². The van der Waals surface area contributed by atoms with E-state index in [1.54, 1.807) is 4.68 Å². The zero-order valence-electron chi connectivity index (χ0n) is 15.0. The van der Waals surface area contributed by atoms with Gasteiger partial charge in [-0.3, -0.25) is 0 Å². The van der Waals surface area contributed by atoms with Crippen molar-refractivity contribution < 1.29 is 5.11 Å². The lowest BCUT2D eigenvalue weighted by atomic mass is 9.84. The summed E-state index contributed by atoms with van der Waals surface area (Å²) in [4.78, 5) is 0. The highest BCUT2D eigenvalue weighted by Crippen LogP contribution is 2.41. The average Bonchev–Trinajstić information content (AvgIpc) is 2.85. The molecule has 3 heteroatoms. The van der Waals surface area contributed by atoms with Gasteiger partial charge < -0.3 is 5.11 Å². The number of nitrogens with zero attached hydrogens (tertiary/aromatic N) is 2. The second-order valence-corrected chi connectivity index (χ2v) is 7.31. The first-order valence-electron chi connectivity index (χ1n) is 8.25. The standard InChI is InChI=1S/C21H24N2O/c1-14-10-6-8-12-16(14)19-18(21(3,4)5)20(24)23(22-19)17-13-9-7-11-15(17)2/h6-13,24H,1-5H3. The van der Waals surface area contributed by atoms with E-state index in [1.807, 2.05) is 43.3 Å². The Bertz CT molecular complexity index is 885. The summed E-state index contributed by atoms with van der Waals surface area (Å²) < 4.78 is 1.66. The van der Waals surface area contributed by atoms with Crippen molar-refractivity contribution in [3.63, 3.8) is 0 Å². The maximum absolute atomic E-state index is 11.0. The van der Waals surface area contributed by atoms with Gasteiger partial charge in [-0.25, -0.2) is 4.68 Å². The van der Waals surface area contributed by atoms with Crippen LogP contribution in [0.1, 0.15) is 37.5 Å². The number of aromatic nitrogens is 2. The summed E-state index contributed by atoms with van der Waals surface area (Å²) in [7, 11) is 0. The normalized spacial score (nSPS) is 11.7. The Morgan fingerprint density at radius 1 is 0.875 bits per heavy atom. The number of rotatable bonds is 2. The molecule has 3 rings (SSSR count). The molecule has 3 aromatic rings. The Morgan fingerprint density at radius 2 is 1.46 bits per heavy atom. The number of hydrogen-bond donors (Lipinski definition) is 1. The molecule has 0 aliphatic carbocycles. The third-order valence-electron chi connectivity index (χ3n) is 4.35. The van der Waals surface area contributed by atoms with Crippen molar-refractivity contribution >= 4 is 0 Å². The molecule has 0 atom stereocenters. The van der Waals surface area contributed by atoms with Crippen LogP contribution in [0.3, 0.4) is 0 Å². The van der Waals surface area contributed by atoms with Crippen LogP contribution >= 0.6 is 0 Å². The monoisotopic (exact) mass is 320 g/mol. The van der Waals surface area contributed by atoms with Gasteiger partial charge in [0.2, 0.25) is 5.88 Å². The topological polar surface area (TPSA) is 38.0 Å². The molecule has 1 heterocycles. The van der Waals surface area contributed by atoms with Crippen LogP contribution in [0.25, 0.3) is 16.9 Å². The Labute approximate surface area is 143 Å². The van der Waals surface area contributed by atoms with Crippen LogP contribution < -0.4 is 0 Å². The zero-order chi connectivity index (χ0) is 17.5. The molecule has 0 spiro atoms. The highest BCUT2D eigenvalue weighted by Gasteiger charge is 2.29. The van der Waals surface area contributed by atoms with Gasteiger partial charge in [-0.2, -0.15) is 5.10 Å². The van der Waals surface area contributed by atoms with E-state index in [0.29, 0.717) is 0 Å². The Hall–Kier alpha value is -2.55. The number of benzene rings is 2. The number of para-hydroxylation sites is 1. The van der Waals surface area contributed by atoms with Crippen molar-refractivity contribution in [1.29, 1.82) is 0 Å². The van der Waals surface area contributed by atoms with Crippen molar-refractivity contribution in [3.8, 4) is 22.8 Å². The number of aromatic hydroxyl groups is 1. The lowest BCUT2D eigenvalue weighted by Gasteiger charge is -2.19. The molecular weight excluding hydrogens is 296 g/mol. The fourth-order valence-electron chi connectivity index (χ4n) is 3.10. The molecule has 0 radical (unpaired) electrons. The molecule has 0 saturated heterocycles. The van der Waals surface area contributed by atoms with Gasteiger partial charge in [0, 0.05) is 11.1 Å². The van der Waals surface area contributed by atoms with Crippen LogP contribution in [0.2, 0.25) is 0 Å². The van der Waals surface area contributed by atoms with Gasteiger partial charge in [0.15, 0.2) is 0 Å². The first-order chi connectivity index (χ1) is 11.3. The first kappa shape index (κ1) is 16.3. The molecule has 2 aromatic carbocycles. The second-order valence-electron chi connectivity index (χ2n) is 7.31. The van der Waals surface area contributed by atoms with Crippen LogP contribution in [-0.4, -0.2) is 14.9 Å². The average molecular weight is 320 g/mol. The number of hydrogen-bond acceptors (Lipinski definition) is 2. The molecule has 0 amide bonds. The first-order valence-corrected chi connectivity index (χ1v) is 8.25. The summed E-state index contributed by atoms with van der Waals surface area (Å²) in [6.45, 7) is 10.4. The molecule has 0 saturated carbocycles. The van der Waals surface area contributed by atoms with Crippen molar-refractivity contribution in [2.75, 3.05) is 0 Å². The van der Waals surface area contributed by atoms with E-state index in [-0.39, 0.29) is 11.3 Å². The lowest BCUT2D eigenvalue weighted by Crippen LogP contribution is -2.12. The summed E-state index contributed by atoms with van der Waals surface area (Å²) in [6, 6.07) is 16.1. The van der Waals surface area contributed by atoms with Crippen molar-refractivity contribution in [2.24, 2.45) is 0 Å². The third kappa shape index (κ3) is 2.71. The maximum Gasteiger partial charge on any atom is 0.218 e. The van der Waals surface area contributed by atoms with Crippen LogP contribution in [0, 0.1) is 13.8 Å². The minimum absolute atomic E-state index is 0.218. The summed E-state index contributed by atoms with van der Waals surface area (Å²) in [5.74, 6) is 0.218. The van der Waals surface area contributed by atoms with Gasteiger partial charge >= 0.3 is 0 Å². The third-order valence-corrected chi connectivity index (χ3v) is 4.35. The molecule has 1 N–H and O–H groups in total. The van der Waals surface area contributed by atoms with Gasteiger partial charge in [-0.15, -0.1) is 0 Å². The van der Waals surface area contributed by atoms with E-state index in [9.17, 15) is 5.11 Å². The van der Waals surface area contributed by atoms with Crippen molar-refractivity contribution in [1.82, 2.24) is 9.78 Å². The Kier molecular flexibility index (Phi) is 3.96. The second kappa shape index (κ2) is 5.82. The van der Waals surface area contributed by atoms with E-state index in [1.165, 1.54) is 0 Å². The smallest absolute Gasteiger partial charge is 0.218 e. The predicted octanol–water partition coefficient (Wildman–Crippen LogP) is 5.16. The molecule has 24 heavy (non-hydrogen) atoms. The SMILES string of the molecule is Cc1ccccc1-c1nn(-c2ccccc2C)c(O)c1C(C)(C)C. The molecule has 124 valence electrons. The Morgan fingerprint density at radius 3 is 2.04 bits per heavy atom. The molecule has 0 unspecified atom stereocenters. The predicted molar refractivity (Wildman–Crippen MR) is 98.8 cm³/mol. The lowest BCUT2D eigenvalue weighted by molar-refractivity contribution is 0.413. The quantitative estimate of drug-likeness (QED) is 0.708. The molecule has 0 fully saturated rings. The molecule has 1 aromatic heterocycles. The fourth-order valence-corrected chi connectivity index (χ4v) is 3.10. The molecule has 0 bridgehead atoms. The Balaban J connectivity index is 2.33. The van der Waals surface area contributed by atoms with Gasteiger partial charge in [0.25, 0.3) is 0 Å². The van der Waals surface area contributed by atoms with Gasteiger partial charge in [-0.05, 0) is 36.5 Å². The summed E-state index contributed by atoms with van der Waals surface area (Å²) in [5.41, 5.74) is 5.69. The summed E-state index contributed by atoms with van der Waals surface area (Å²) >= 11 is 0. The molecule has 0 aliphatic heterocycles. The van der Waals surface area contributed by atoms with Gasteiger partial charge in [-0.1, -0.05) is 63.2 Å². The van der Waals surface area contributed by atoms with E-state index in [2.05, 4.69) is 39.8 Å². The largest absolute Gasteiger partial charge is 0.493 e. The van der Waals surface area contributed by atoms with Gasteiger partial charge in [0.05, 0.1) is 5.69 Å².